The normalized spacial score (nSPS) is 17.5. The molecule has 4 N–H and O–H groups in total. The van der Waals surface area contributed by atoms with Gasteiger partial charge in [-0.15, -0.1) is 0 Å². The number of hydrogen-bond acceptors (Lipinski definition) is 3. The Labute approximate surface area is 159 Å². The third kappa shape index (κ3) is 4.27. The average Bonchev–Trinajstić information content (AvgIpc) is 2.60. The number of aryl methyl sites for hydroxylation is 1. The molecule has 2 aromatic rings. The number of aromatic nitrogens is 1. The van der Waals surface area contributed by atoms with Crippen molar-refractivity contribution in [3.63, 3.8) is 0 Å². The zero-order valence-electron chi connectivity index (χ0n) is 16.0. The predicted octanol–water partition coefficient (Wildman–Crippen LogP) is 3.15. The minimum atomic E-state index is -0.476. The lowest BCUT2D eigenvalue weighted by Gasteiger charge is -2.36. The molecule has 0 aliphatic carbocycles. The van der Waals surface area contributed by atoms with Crippen molar-refractivity contribution in [2.24, 2.45) is 16.5 Å². The third-order valence-electron chi connectivity index (χ3n) is 4.67. The molecule has 1 aromatic heterocycles. The number of guanidine groups is 1. The van der Waals surface area contributed by atoms with Crippen LogP contribution in [0.2, 0.25) is 0 Å². The number of hydrogen-bond donors (Lipinski definition) is 2. The van der Waals surface area contributed by atoms with Crippen molar-refractivity contribution < 1.29 is 9.53 Å². The van der Waals surface area contributed by atoms with E-state index in [0.717, 1.165) is 29.5 Å². The number of ether oxygens (including phenoxy) is 1. The lowest BCUT2D eigenvalue weighted by atomic mass is 9.83. The van der Waals surface area contributed by atoms with Gasteiger partial charge in [0.1, 0.15) is 11.4 Å². The second kappa shape index (κ2) is 7.39. The number of aliphatic imine (C=N–C) groups is 1. The standard InChI is InChI=1S/C21H26N4O2/c1-4-5-13-8-15(12-24-11-13)14-6-7-18-16(9-14)17(10-21(2,3)27-18)19(26)25-20(22)23/h6-9,11-12,17H,4-5,10H2,1-3H3,(H4,22,23,25,26)/t17-/m0/s1. The summed E-state index contributed by atoms with van der Waals surface area (Å²) in [4.78, 5) is 20.8. The molecule has 0 saturated heterocycles. The second-order valence-electron chi connectivity index (χ2n) is 7.58. The van der Waals surface area contributed by atoms with Crippen molar-refractivity contribution in [2.45, 2.75) is 51.6 Å². The largest absolute Gasteiger partial charge is 0.488 e. The minimum absolute atomic E-state index is 0.224. The molecule has 1 aliphatic heterocycles. The Kier molecular flexibility index (Phi) is 5.17. The van der Waals surface area contributed by atoms with E-state index in [-0.39, 0.29) is 11.9 Å². The molecule has 1 aliphatic rings. The second-order valence-corrected chi connectivity index (χ2v) is 7.58. The molecule has 1 amide bonds. The molecule has 27 heavy (non-hydrogen) atoms. The molecule has 0 radical (unpaired) electrons. The Morgan fingerprint density at radius 3 is 2.74 bits per heavy atom. The number of carbonyl (C=O) groups is 1. The van der Waals surface area contributed by atoms with Crippen LogP contribution in [0.25, 0.3) is 11.1 Å². The fourth-order valence-corrected chi connectivity index (χ4v) is 3.53. The van der Waals surface area contributed by atoms with Gasteiger partial charge in [0.15, 0.2) is 5.96 Å². The molecule has 142 valence electrons. The molecular formula is C21H26N4O2. The molecule has 0 unspecified atom stereocenters. The first kappa shape index (κ1) is 18.9. The van der Waals surface area contributed by atoms with Crippen LogP contribution in [-0.4, -0.2) is 22.5 Å². The van der Waals surface area contributed by atoms with Crippen molar-refractivity contribution >= 4 is 11.9 Å². The number of benzene rings is 1. The Bertz CT molecular complexity index is 886. The molecule has 3 rings (SSSR count). The first-order valence-corrected chi connectivity index (χ1v) is 9.20. The van der Waals surface area contributed by atoms with Crippen LogP contribution in [0.15, 0.2) is 41.7 Å². The molecule has 0 bridgehead atoms. The van der Waals surface area contributed by atoms with Crippen molar-refractivity contribution in [1.29, 1.82) is 0 Å². The van der Waals surface area contributed by atoms with Crippen molar-refractivity contribution in [3.05, 3.63) is 47.8 Å². The van der Waals surface area contributed by atoms with Crippen LogP contribution in [0.5, 0.6) is 5.75 Å². The van der Waals surface area contributed by atoms with Crippen molar-refractivity contribution in [3.8, 4) is 16.9 Å². The summed E-state index contributed by atoms with van der Waals surface area (Å²) in [5.41, 5.74) is 14.4. The van der Waals surface area contributed by atoms with Gasteiger partial charge < -0.3 is 16.2 Å². The van der Waals surface area contributed by atoms with Crippen molar-refractivity contribution in [2.75, 3.05) is 0 Å². The molecule has 6 heteroatoms. The Morgan fingerprint density at radius 1 is 1.26 bits per heavy atom. The first-order valence-electron chi connectivity index (χ1n) is 9.20. The summed E-state index contributed by atoms with van der Waals surface area (Å²) in [5.74, 6) is -0.324. The minimum Gasteiger partial charge on any atom is -0.488 e. The Morgan fingerprint density at radius 2 is 2.04 bits per heavy atom. The molecule has 0 saturated carbocycles. The Balaban J connectivity index is 2.04. The molecule has 2 heterocycles. The van der Waals surface area contributed by atoms with Gasteiger partial charge >= 0.3 is 0 Å². The van der Waals surface area contributed by atoms with Gasteiger partial charge in [-0.1, -0.05) is 19.4 Å². The lowest BCUT2D eigenvalue weighted by molar-refractivity contribution is -0.121. The molecule has 0 spiro atoms. The molecular weight excluding hydrogens is 340 g/mol. The van der Waals surface area contributed by atoms with E-state index in [9.17, 15) is 4.79 Å². The molecule has 6 nitrogen and oxygen atoms in total. The van der Waals surface area contributed by atoms with Gasteiger partial charge in [-0.05, 0) is 49.6 Å². The zero-order chi connectivity index (χ0) is 19.6. The lowest BCUT2D eigenvalue weighted by Crippen LogP contribution is -2.37. The number of rotatable bonds is 4. The maximum atomic E-state index is 12.6. The summed E-state index contributed by atoms with van der Waals surface area (Å²) in [5, 5.41) is 0. The number of carbonyl (C=O) groups excluding carboxylic acids is 1. The van der Waals surface area contributed by atoms with Crippen LogP contribution < -0.4 is 16.2 Å². The maximum Gasteiger partial charge on any atom is 0.256 e. The van der Waals surface area contributed by atoms with E-state index < -0.39 is 11.5 Å². The quantitative estimate of drug-likeness (QED) is 0.639. The summed E-state index contributed by atoms with van der Waals surface area (Å²) in [6, 6.07) is 8.03. The summed E-state index contributed by atoms with van der Waals surface area (Å²) in [7, 11) is 0. The van der Waals surface area contributed by atoms with Crippen LogP contribution >= 0.6 is 0 Å². The Hall–Kier alpha value is -2.89. The fourth-order valence-electron chi connectivity index (χ4n) is 3.53. The van der Waals surface area contributed by atoms with E-state index in [2.05, 4.69) is 23.0 Å². The van der Waals surface area contributed by atoms with Crippen LogP contribution in [0.4, 0.5) is 0 Å². The fraction of sp³-hybridized carbons (Fsp3) is 0.381. The van der Waals surface area contributed by atoms with Crippen molar-refractivity contribution in [1.82, 2.24) is 4.98 Å². The number of amides is 1. The molecule has 1 aromatic carbocycles. The summed E-state index contributed by atoms with van der Waals surface area (Å²) in [6.45, 7) is 6.06. The van der Waals surface area contributed by atoms with E-state index in [4.69, 9.17) is 16.2 Å². The van der Waals surface area contributed by atoms with Crippen LogP contribution in [0, 0.1) is 0 Å². The van der Waals surface area contributed by atoms with E-state index in [1.54, 1.807) is 0 Å². The van der Waals surface area contributed by atoms with Gasteiger partial charge in [0, 0.05) is 29.9 Å². The van der Waals surface area contributed by atoms with E-state index in [1.807, 2.05) is 44.4 Å². The maximum absolute atomic E-state index is 12.6. The number of nitrogens with two attached hydrogens (primary N) is 2. The van der Waals surface area contributed by atoms with Crippen LogP contribution in [-0.2, 0) is 11.2 Å². The number of pyridine rings is 1. The highest BCUT2D eigenvalue weighted by atomic mass is 16.5. The molecule has 0 fully saturated rings. The smallest absolute Gasteiger partial charge is 0.256 e. The monoisotopic (exact) mass is 366 g/mol. The van der Waals surface area contributed by atoms with E-state index in [0.29, 0.717) is 12.2 Å². The molecule has 1 atom stereocenters. The van der Waals surface area contributed by atoms with Gasteiger partial charge in [0.2, 0.25) is 0 Å². The van der Waals surface area contributed by atoms with Gasteiger partial charge in [-0.25, -0.2) is 0 Å². The van der Waals surface area contributed by atoms with Gasteiger partial charge in [-0.2, -0.15) is 4.99 Å². The highest BCUT2D eigenvalue weighted by molar-refractivity contribution is 5.95. The number of nitrogens with zero attached hydrogens (tertiary/aromatic N) is 2. The summed E-state index contributed by atoms with van der Waals surface area (Å²) >= 11 is 0. The third-order valence-corrected chi connectivity index (χ3v) is 4.67. The van der Waals surface area contributed by atoms with Gasteiger partial charge in [0.25, 0.3) is 5.91 Å². The highest BCUT2D eigenvalue weighted by Crippen LogP contribution is 2.43. The highest BCUT2D eigenvalue weighted by Gasteiger charge is 2.37. The van der Waals surface area contributed by atoms with Crippen LogP contribution in [0.1, 0.15) is 50.7 Å². The van der Waals surface area contributed by atoms with E-state index in [1.165, 1.54) is 5.56 Å². The number of fused-ring (bicyclic) bond motifs is 1. The summed E-state index contributed by atoms with van der Waals surface area (Å²) < 4.78 is 6.08. The van der Waals surface area contributed by atoms with Gasteiger partial charge in [0.05, 0.1) is 5.92 Å². The van der Waals surface area contributed by atoms with E-state index >= 15 is 0 Å². The van der Waals surface area contributed by atoms with Gasteiger partial charge in [-0.3, -0.25) is 9.78 Å². The first-order chi connectivity index (χ1) is 12.8. The van der Waals surface area contributed by atoms with Crippen LogP contribution in [0.3, 0.4) is 0 Å². The topological polar surface area (TPSA) is 104 Å². The SMILES string of the molecule is CCCc1cncc(-c2ccc3c(c2)[C@@H](C(=O)N=C(N)N)CC(C)(C)O3)c1. The zero-order valence-corrected chi connectivity index (χ0v) is 16.0. The predicted molar refractivity (Wildman–Crippen MR) is 107 cm³/mol. The average molecular weight is 366 g/mol. The summed E-state index contributed by atoms with van der Waals surface area (Å²) in [6.07, 6.45) is 6.28.